The molecular weight excluding hydrogens is 306 g/mol. The van der Waals surface area contributed by atoms with E-state index in [1.165, 1.54) is 12.8 Å². The van der Waals surface area contributed by atoms with Gasteiger partial charge >= 0.3 is 0 Å². The zero-order valence-corrected chi connectivity index (χ0v) is 13.6. The molecule has 1 atom stereocenters. The van der Waals surface area contributed by atoms with E-state index in [-0.39, 0.29) is 5.91 Å². The predicted molar refractivity (Wildman–Crippen MR) is 88.4 cm³/mol. The lowest BCUT2D eigenvalue weighted by molar-refractivity contribution is -0.129. The average molecular weight is 329 g/mol. The Balaban J connectivity index is 1.41. The number of aromatic nitrogens is 2. The van der Waals surface area contributed by atoms with Gasteiger partial charge in [0.2, 0.25) is 11.8 Å². The van der Waals surface area contributed by atoms with Gasteiger partial charge in [-0.1, -0.05) is 48.3 Å². The highest BCUT2D eigenvalue weighted by Crippen LogP contribution is 2.32. The van der Waals surface area contributed by atoms with E-state index < -0.39 is 6.10 Å². The Hall–Kier alpha value is -2.21. The van der Waals surface area contributed by atoms with E-state index >= 15 is 0 Å². The molecule has 1 saturated carbocycles. The average Bonchev–Trinajstić information content (AvgIpc) is 3.27. The molecule has 0 bridgehead atoms. The molecule has 128 valence electrons. The molecule has 3 rings (SSSR count). The van der Waals surface area contributed by atoms with Crippen LogP contribution in [0.1, 0.15) is 48.9 Å². The Morgan fingerprint density at radius 2 is 2.04 bits per heavy atom. The molecule has 0 aliphatic heterocycles. The number of aliphatic hydroxyl groups is 1. The maximum absolute atomic E-state index is 11.9. The minimum Gasteiger partial charge on any atom is -0.383 e. The molecule has 1 aromatic carbocycles. The number of amides is 1. The van der Waals surface area contributed by atoms with Crippen molar-refractivity contribution in [2.24, 2.45) is 0 Å². The van der Waals surface area contributed by atoms with Gasteiger partial charge in [0, 0.05) is 25.3 Å². The Labute approximate surface area is 141 Å². The summed E-state index contributed by atoms with van der Waals surface area (Å²) in [6, 6.07) is 9.46. The first kappa shape index (κ1) is 16.6. The Kier molecular flexibility index (Phi) is 5.59. The van der Waals surface area contributed by atoms with Gasteiger partial charge in [0.1, 0.15) is 6.10 Å². The van der Waals surface area contributed by atoms with Crippen molar-refractivity contribution in [3.8, 4) is 0 Å². The molecule has 24 heavy (non-hydrogen) atoms. The van der Waals surface area contributed by atoms with E-state index in [2.05, 4.69) is 15.5 Å². The molecule has 2 N–H and O–H groups in total. The molecule has 0 radical (unpaired) electrons. The van der Waals surface area contributed by atoms with Crippen LogP contribution in [0.5, 0.6) is 0 Å². The second-order valence-electron chi connectivity index (χ2n) is 6.28. The monoisotopic (exact) mass is 329 g/mol. The molecule has 0 saturated heterocycles. The van der Waals surface area contributed by atoms with Crippen molar-refractivity contribution in [1.29, 1.82) is 0 Å². The van der Waals surface area contributed by atoms with Gasteiger partial charge in [0.05, 0.1) is 0 Å². The normalized spacial score (nSPS) is 16.2. The predicted octanol–water partition coefficient (Wildman–Crippen LogP) is 1.99. The van der Waals surface area contributed by atoms with Gasteiger partial charge in [-0.2, -0.15) is 4.98 Å². The number of hydrogen-bond donors (Lipinski definition) is 2. The fourth-order valence-electron chi connectivity index (χ4n) is 3.05. The molecule has 6 nitrogen and oxygen atoms in total. The van der Waals surface area contributed by atoms with Crippen LogP contribution in [0.3, 0.4) is 0 Å². The summed E-state index contributed by atoms with van der Waals surface area (Å²) in [5.41, 5.74) is 0.930. The molecule has 1 aliphatic rings. The zero-order chi connectivity index (χ0) is 16.8. The van der Waals surface area contributed by atoms with Gasteiger partial charge in [0.25, 0.3) is 0 Å². The largest absolute Gasteiger partial charge is 0.383 e. The molecule has 1 amide bonds. The Bertz CT molecular complexity index is 651. The fourth-order valence-corrected chi connectivity index (χ4v) is 3.05. The number of hydrogen-bond acceptors (Lipinski definition) is 5. The van der Waals surface area contributed by atoms with Crippen molar-refractivity contribution in [2.45, 2.75) is 50.5 Å². The molecule has 6 heteroatoms. The molecule has 2 aromatic rings. The van der Waals surface area contributed by atoms with E-state index in [9.17, 15) is 9.90 Å². The van der Waals surface area contributed by atoms with Crippen molar-refractivity contribution in [3.05, 3.63) is 47.6 Å². The third kappa shape index (κ3) is 4.41. The van der Waals surface area contributed by atoms with Crippen molar-refractivity contribution in [2.75, 3.05) is 6.54 Å². The van der Waals surface area contributed by atoms with E-state index in [4.69, 9.17) is 4.52 Å². The minimum atomic E-state index is -1.05. The number of aliphatic hydroxyl groups excluding tert-OH is 1. The highest BCUT2D eigenvalue weighted by molar-refractivity contribution is 5.80. The van der Waals surface area contributed by atoms with Crippen LogP contribution in [0.25, 0.3) is 0 Å². The SMILES string of the molecule is O=C(NCCc1noc(C2CCCC2)n1)[C@@H](O)Cc1ccccc1. The van der Waals surface area contributed by atoms with E-state index in [0.717, 1.165) is 24.3 Å². The fraction of sp³-hybridized carbons (Fsp3) is 0.500. The lowest BCUT2D eigenvalue weighted by Gasteiger charge is -2.10. The zero-order valence-electron chi connectivity index (χ0n) is 13.6. The molecule has 1 aromatic heterocycles. The standard InChI is InChI=1S/C18H23N3O3/c22-15(12-13-6-2-1-3-7-13)17(23)19-11-10-16-20-18(24-21-16)14-8-4-5-9-14/h1-3,6-7,14-15,22H,4-5,8-12H2,(H,19,23)/t15-/m0/s1. The van der Waals surface area contributed by atoms with Crippen LogP contribution in [0.4, 0.5) is 0 Å². The molecular formula is C18H23N3O3. The highest BCUT2D eigenvalue weighted by atomic mass is 16.5. The minimum absolute atomic E-state index is 0.306. The second kappa shape index (κ2) is 8.06. The molecule has 0 unspecified atom stereocenters. The molecule has 1 fully saturated rings. The quantitative estimate of drug-likeness (QED) is 0.811. The molecule has 1 heterocycles. The van der Waals surface area contributed by atoms with E-state index in [0.29, 0.717) is 31.1 Å². The van der Waals surface area contributed by atoms with Crippen LogP contribution in [0, 0.1) is 0 Å². The summed E-state index contributed by atoms with van der Waals surface area (Å²) < 4.78 is 5.31. The summed E-state index contributed by atoms with van der Waals surface area (Å²) in [5.74, 6) is 1.35. The number of carbonyl (C=O) groups excluding carboxylic acids is 1. The first-order valence-corrected chi connectivity index (χ1v) is 8.54. The topological polar surface area (TPSA) is 88.3 Å². The summed E-state index contributed by atoms with van der Waals surface area (Å²) in [7, 11) is 0. The van der Waals surface area contributed by atoms with Crippen molar-refractivity contribution in [1.82, 2.24) is 15.5 Å². The van der Waals surface area contributed by atoms with Crippen molar-refractivity contribution >= 4 is 5.91 Å². The lowest BCUT2D eigenvalue weighted by atomic mass is 10.1. The van der Waals surface area contributed by atoms with Gasteiger partial charge in [-0.15, -0.1) is 0 Å². The van der Waals surface area contributed by atoms with E-state index in [1.54, 1.807) is 0 Å². The third-order valence-corrected chi connectivity index (χ3v) is 4.41. The number of benzene rings is 1. The van der Waals surface area contributed by atoms with Gasteiger partial charge in [-0.25, -0.2) is 0 Å². The van der Waals surface area contributed by atoms with Crippen LogP contribution in [0.15, 0.2) is 34.9 Å². The first-order chi connectivity index (χ1) is 11.7. The third-order valence-electron chi connectivity index (χ3n) is 4.41. The number of rotatable bonds is 7. The first-order valence-electron chi connectivity index (χ1n) is 8.54. The van der Waals surface area contributed by atoms with Crippen LogP contribution in [-0.4, -0.2) is 33.8 Å². The number of nitrogens with zero attached hydrogens (tertiary/aromatic N) is 2. The van der Waals surface area contributed by atoms with Gasteiger partial charge in [0.15, 0.2) is 5.82 Å². The maximum atomic E-state index is 11.9. The van der Waals surface area contributed by atoms with Crippen LogP contribution >= 0.6 is 0 Å². The van der Waals surface area contributed by atoms with Crippen molar-refractivity contribution < 1.29 is 14.4 Å². The maximum Gasteiger partial charge on any atom is 0.249 e. The summed E-state index contributed by atoms with van der Waals surface area (Å²) in [5, 5.41) is 16.6. The van der Waals surface area contributed by atoms with Crippen LogP contribution in [-0.2, 0) is 17.6 Å². The van der Waals surface area contributed by atoms with Gasteiger partial charge < -0.3 is 14.9 Å². The van der Waals surface area contributed by atoms with Crippen molar-refractivity contribution in [3.63, 3.8) is 0 Å². The Morgan fingerprint density at radius 1 is 1.29 bits per heavy atom. The van der Waals surface area contributed by atoms with E-state index in [1.807, 2.05) is 30.3 Å². The summed E-state index contributed by atoms with van der Waals surface area (Å²) in [6.07, 6.45) is 4.43. The highest BCUT2D eigenvalue weighted by Gasteiger charge is 2.23. The summed E-state index contributed by atoms with van der Waals surface area (Å²) in [6.45, 7) is 0.383. The number of carbonyl (C=O) groups is 1. The van der Waals surface area contributed by atoms with Gasteiger partial charge in [-0.3, -0.25) is 4.79 Å². The smallest absolute Gasteiger partial charge is 0.249 e. The second-order valence-corrected chi connectivity index (χ2v) is 6.28. The van der Waals surface area contributed by atoms with Crippen LogP contribution < -0.4 is 5.32 Å². The molecule has 1 aliphatic carbocycles. The number of nitrogens with one attached hydrogen (secondary N) is 1. The van der Waals surface area contributed by atoms with Crippen LogP contribution in [0.2, 0.25) is 0 Å². The Morgan fingerprint density at radius 3 is 2.79 bits per heavy atom. The van der Waals surface area contributed by atoms with Gasteiger partial charge in [-0.05, 0) is 18.4 Å². The summed E-state index contributed by atoms with van der Waals surface area (Å²) >= 11 is 0. The lowest BCUT2D eigenvalue weighted by Crippen LogP contribution is -2.37. The molecule has 0 spiro atoms. The summed E-state index contributed by atoms with van der Waals surface area (Å²) in [4.78, 5) is 16.3.